The quantitative estimate of drug-likeness (QED) is 0.746. The highest BCUT2D eigenvalue weighted by Crippen LogP contribution is 2.57. The van der Waals surface area contributed by atoms with Gasteiger partial charge in [0.25, 0.3) is 0 Å². The highest BCUT2D eigenvalue weighted by molar-refractivity contribution is 5.30. The molecule has 118 valence electrons. The van der Waals surface area contributed by atoms with Gasteiger partial charge in [-0.25, -0.2) is 13.2 Å². The maximum Gasteiger partial charge on any atom is 0.194 e. The van der Waals surface area contributed by atoms with Gasteiger partial charge >= 0.3 is 0 Å². The number of rotatable bonds is 6. The molecule has 0 saturated heterocycles. The van der Waals surface area contributed by atoms with Gasteiger partial charge in [0.1, 0.15) is 0 Å². The number of halogens is 3. The fourth-order valence-corrected chi connectivity index (χ4v) is 3.87. The van der Waals surface area contributed by atoms with E-state index in [1.54, 1.807) is 0 Å². The summed E-state index contributed by atoms with van der Waals surface area (Å²) in [6.45, 7) is 7.30. The Morgan fingerprint density at radius 1 is 1.10 bits per heavy atom. The van der Waals surface area contributed by atoms with Crippen LogP contribution in [0.3, 0.4) is 0 Å². The van der Waals surface area contributed by atoms with Crippen molar-refractivity contribution in [1.29, 1.82) is 0 Å². The summed E-state index contributed by atoms with van der Waals surface area (Å²) in [6, 6.07) is 2.70. The molecule has 1 nitrogen and oxygen atoms in total. The Morgan fingerprint density at radius 2 is 1.67 bits per heavy atom. The van der Waals surface area contributed by atoms with Crippen LogP contribution in [0.4, 0.5) is 13.2 Å². The van der Waals surface area contributed by atoms with Crippen LogP contribution in [0.15, 0.2) is 12.1 Å². The maximum atomic E-state index is 13.5. The van der Waals surface area contributed by atoms with Gasteiger partial charge in [-0.15, -0.1) is 0 Å². The van der Waals surface area contributed by atoms with Crippen LogP contribution in [0.5, 0.6) is 0 Å². The Kier molecular flexibility index (Phi) is 4.97. The Balaban J connectivity index is 2.28. The molecule has 2 rings (SSSR count). The lowest BCUT2D eigenvalue weighted by Crippen LogP contribution is -2.58. The normalized spacial score (nSPS) is 23.9. The van der Waals surface area contributed by atoms with Crippen LogP contribution in [-0.4, -0.2) is 12.6 Å². The molecule has 0 bridgehead atoms. The third-order valence-electron chi connectivity index (χ3n) is 5.23. The molecule has 0 aromatic heterocycles. The second-order valence-electron chi connectivity index (χ2n) is 6.03. The third-order valence-corrected chi connectivity index (χ3v) is 5.23. The van der Waals surface area contributed by atoms with Crippen LogP contribution in [0.2, 0.25) is 0 Å². The number of nitrogens with one attached hydrogen (secondary N) is 1. The molecule has 4 heteroatoms. The molecule has 0 radical (unpaired) electrons. The summed E-state index contributed by atoms with van der Waals surface area (Å²) < 4.78 is 40.1. The van der Waals surface area contributed by atoms with Gasteiger partial charge in [0, 0.05) is 6.04 Å². The maximum absolute atomic E-state index is 13.5. The van der Waals surface area contributed by atoms with Gasteiger partial charge in [-0.3, -0.25) is 0 Å². The van der Waals surface area contributed by atoms with Crippen molar-refractivity contribution in [2.75, 3.05) is 6.54 Å². The van der Waals surface area contributed by atoms with Crippen LogP contribution >= 0.6 is 0 Å². The Hall–Kier alpha value is -1.03. The fourth-order valence-electron chi connectivity index (χ4n) is 3.87. The van der Waals surface area contributed by atoms with E-state index in [2.05, 4.69) is 26.1 Å². The lowest BCUT2D eigenvalue weighted by Gasteiger charge is -2.57. The van der Waals surface area contributed by atoms with Crippen LogP contribution in [0.1, 0.15) is 57.9 Å². The summed E-state index contributed by atoms with van der Waals surface area (Å²) in [5.41, 5.74) is 0.593. The van der Waals surface area contributed by atoms with E-state index in [4.69, 9.17) is 0 Å². The summed E-state index contributed by atoms with van der Waals surface area (Å²) in [5, 5.41) is 3.54. The van der Waals surface area contributed by atoms with E-state index in [1.165, 1.54) is 12.1 Å². The Morgan fingerprint density at radius 3 is 2.14 bits per heavy atom. The average molecular weight is 299 g/mol. The van der Waals surface area contributed by atoms with Gasteiger partial charge in [0.05, 0.1) is 0 Å². The molecule has 0 heterocycles. The Labute approximate surface area is 124 Å². The van der Waals surface area contributed by atoms with Crippen LogP contribution in [-0.2, 0) is 0 Å². The number of hydrogen-bond acceptors (Lipinski definition) is 1. The third kappa shape index (κ3) is 2.70. The molecule has 1 aromatic rings. The van der Waals surface area contributed by atoms with Crippen molar-refractivity contribution in [2.24, 2.45) is 5.41 Å². The second kappa shape index (κ2) is 6.39. The van der Waals surface area contributed by atoms with Gasteiger partial charge in [0.15, 0.2) is 17.5 Å². The first kappa shape index (κ1) is 16.3. The van der Waals surface area contributed by atoms with Gasteiger partial charge in [-0.1, -0.05) is 20.8 Å². The van der Waals surface area contributed by atoms with Crippen LogP contribution < -0.4 is 5.32 Å². The van der Waals surface area contributed by atoms with Crippen LogP contribution in [0.25, 0.3) is 0 Å². The molecular formula is C17H24F3N. The molecule has 0 spiro atoms. The molecule has 1 aliphatic rings. The first-order valence-corrected chi connectivity index (χ1v) is 7.87. The number of benzene rings is 1. The molecule has 0 amide bonds. The van der Waals surface area contributed by atoms with Crippen LogP contribution in [0, 0.1) is 22.9 Å². The smallest absolute Gasteiger partial charge is 0.194 e. The standard InChI is InChI=1S/C17H24F3N/c1-4-7-21-15-10-12(17(15,5-2)6-3)11-8-13(18)16(20)14(19)9-11/h8-9,12,15,21H,4-7,10H2,1-3H3. The van der Waals surface area contributed by atoms with Gasteiger partial charge < -0.3 is 5.32 Å². The van der Waals surface area contributed by atoms with Gasteiger partial charge in [-0.05, 0) is 61.3 Å². The molecule has 1 N–H and O–H groups in total. The lowest BCUT2D eigenvalue weighted by molar-refractivity contribution is 0.0198. The first-order valence-electron chi connectivity index (χ1n) is 7.87. The second-order valence-corrected chi connectivity index (χ2v) is 6.03. The summed E-state index contributed by atoms with van der Waals surface area (Å²) >= 11 is 0. The molecule has 1 aromatic carbocycles. The van der Waals surface area contributed by atoms with Crippen molar-refractivity contribution in [3.8, 4) is 0 Å². The predicted molar refractivity (Wildman–Crippen MR) is 78.8 cm³/mol. The van der Waals surface area contributed by atoms with E-state index in [-0.39, 0.29) is 11.3 Å². The molecule has 1 fully saturated rings. The Bertz CT molecular complexity index is 474. The molecule has 2 unspecified atom stereocenters. The summed E-state index contributed by atoms with van der Waals surface area (Å²) in [7, 11) is 0. The first-order chi connectivity index (χ1) is 10.00. The minimum absolute atomic E-state index is 0.00583. The van der Waals surface area contributed by atoms with E-state index < -0.39 is 17.5 Å². The average Bonchev–Trinajstić information content (AvgIpc) is 2.45. The van der Waals surface area contributed by atoms with Crippen molar-refractivity contribution in [1.82, 2.24) is 5.32 Å². The zero-order valence-corrected chi connectivity index (χ0v) is 13.0. The summed E-state index contributed by atoms with van der Waals surface area (Å²) in [4.78, 5) is 0. The number of hydrogen-bond donors (Lipinski definition) is 1. The van der Waals surface area contributed by atoms with E-state index in [9.17, 15) is 13.2 Å². The molecule has 2 atom stereocenters. The van der Waals surface area contributed by atoms with Crippen molar-refractivity contribution >= 4 is 0 Å². The van der Waals surface area contributed by atoms with E-state index in [0.717, 1.165) is 32.2 Å². The fraction of sp³-hybridized carbons (Fsp3) is 0.647. The van der Waals surface area contributed by atoms with Crippen molar-refractivity contribution in [3.63, 3.8) is 0 Å². The molecule has 21 heavy (non-hydrogen) atoms. The van der Waals surface area contributed by atoms with Gasteiger partial charge in [-0.2, -0.15) is 0 Å². The summed E-state index contributed by atoms with van der Waals surface area (Å²) in [5.74, 6) is -3.46. The van der Waals surface area contributed by atoms with Crippen molar-refractivity contribution in [2.45, 2.75) is 58.4 Å². The minimum atomic E-state index is -1.38. The van der Waals surface area contributed by atoms with Crippen molar-refractivity contribution in [3.05, 3.63) is 35.1 Å². The van der Waals surface area contributed by atoms with E-state index >= 15 is 0 Å². The molecular weight excluding hydrogens is 275 g/mol. The zero-order valence-electron chi connectivity index (χ0n) is 13.0. The predicted octanol–water partition coefficient (Wildman–Crippen LogP) is 4.77. The monoisotopic (exact) mass is 299 g/mol. The van der Waals surface area contributed by atoms with Crippen molar-refractivity contribution < 1.29 is 13.2 Å². The molecule has 0 aliphatic heterocycles. The minimum Gasteiger partial charge on any atom is -0.313 e. The molecule has 1 aliphatic carbocycles. The molecule has 1 saturated carbocycles. The highest BCUT2D eigenvalue weighted by Gasteiger charge is 2.52. The van der Waals surface area contributed by atoms with E-state index in [1.807, 2.05) is 0 Å². The zero-order chi connectivity index (χ0) is 15.6. The topological polar surface area (TPSA) is 12.0 Å². The van der Waals surface area contributed by atoms with E-state index in [0.29, 0.717) is 11.6 Å². The summed E-state index contributed by atoms with van der Waals surface area (Å²) in [6.07, 6.45) is 3.79. The largest absolute Gasteiger partial charge is 0.313 e. The SMILES string of the molecule is CCCNC1CC(c2cc(F)c(F)c(F)c2)C1(CC)CC. The highest BCUT2D eigenvalue weighted by atomic mass is 19.2. The van der Waals surface area contributed by atoms with Gasteiger partial charge in [0.2, 0.25) is 0 Å². The lowest BCUT2D eigenvalue weighted by atomic mass is 9.51.